The highest BCUT2D eigenvalue weighted by Gasteiger charge is 2.14. The maximum Gasteiger partial charge on any atom is 0.328 e. The molecule has 0 fully saturated rings. The highest BCUT2D eigenvalue weighted by Crippen LogP contribution is 2.23. The Morgan fingerprint density at radius 1 is 1.04 bits per heavy atom. The van der Waals surface area contributed by atoms with Crippen LogP contribution in [0.15, 0.2) is 59.5 Å². The van der Waals surface area contributed by atoms with E-state index < -0.39 is 0 Å². The summed E-state index contributed by atoms with van der Waals surface area (Å²) in [6.07, 6.45) is 3.94. The first kappa shape index (κ1) is 18.1. The Morgan fingerprint density at radius 3 is 2.64 bits per heavy atom. The molecule has 28 heavy (non-hydrogen) atoms. The lowest BCUT2D eigenvalue weighted by Crippen LogP contribution is -2.17. The van der Waals surface area contributed by atoms with Crippen LogP contribution in [0.25, 0.3) is 10.9 Å². The van der Waals surface area contributed by atoms with E-state index in [0.29, 0.717) is 31.6 Å². The molecule has 0 saturated carbocycles. The van der Waals surface area contributed by atoms with Crippen molar-refractivity contribution in [3.8, 4) is 5.88 Å². The molecule has 0 bridgehead atoms. The SMILES string of the molecule is NCCc1c[nH]c2ccc(Cc3[nH]c(=O)n(CCc4ccccc4)c3O)cc12. The van der Waals surface area contributed by atoms with Gasteiger partial charge in [-0.15, -0.1) is 0 Å². The first-order chi connectivity index (χ1) is 13.7. The molecular weight excluding hydrogens is 352 g/mol. The molecule has 0 aliphatic rings. The number of H-pyrrole nitrogens is 2. The van der Waals surface area contributed by atoms with Gasteiger partial charge in [0.05, 0.1) is 5.69 Å². The minimum absolute atomic E-state index is 0.0114. The van der Waals surface area contributed by atoms with Crippen molar-refractivity contribution in [1.82, 2.24) is 14.5 Å². The Labute approximate surface area is 162 Å². The van der Waals surface area contributed by atoms with Gasteiger partial charge in [-0.05, 0) is 48.2 Å². The van der Waals surface area contributed by atoms with Gasteiger partial charge in [-0.3, -0.25) is 4.57 Å². The predicted molar refractivity (Wildman–Crippen MR) is 111 cm³/mol. The van der Waals surface area contributed by atoms with Crippen molar-refractivity contribution in [3.05, 3.63) is 87.6 Å². The molecule has 4 aromatic rings. The van der Waals surface area contributed by atoms with Crippen molar-refractivity contribution < 1.29 is 5.11 Å². The number of aromatic hydroxyl groups is 1. The molecular formula is C22H24N4O2. The topological polar surface area (TPSA) is 99.8 Å². The van der Waals surface area contributed by atoms with Crippen LogP contribution in [-0.2, 0) is 25.8 Å². The van der Waals surface area contributed by atoms with Crippen LogP contribution >= 0.6 is 0 Å². The number of rotatable bonds is 7. The Morgan fingerprint density at radius 2 is 1.86 bits per heavy atom. The van der Waals surface area contributed by atoms with Crippen LogP contribution in [0.2, 0.25) is 0 Å². The second-order valence-corrected chi connectivity index (χ2v) is 7.03. The Bertz CT molecular complexity index is 1140. The average Bonchev–Trinajstić information content (AvgIpc) is 3.22. The van der Waals surface area contributed by atoms with E-state index in [0.717, 1.165) is 28.5 Å². The number of hydrogen-bond donors (Lipinski definition) is 4. The van der Waals surface area contributed by atoms with Crippen molar-refractivity contribution in [2.45, 2.75) is 25.8 Å². The summed E-state index contributed by atoms with van der Waals surface area (Å²) in [5.41, 5.74) is 10.3. The van der Waals surface area contributed by atoms with Gasteiger partial charge < -0.3 is 20.8 Å². The van der Waals surface area contributed by atoms with Crippen molar-refractivity contribution in [2.24, 2.45) is 5.73 Å². The van der Waals surface area contributed by atoms with Gasteiger partial charge in [-0.25, -0.2) is 4.79 Å². The second-order valence-electron chi connectivity index (χ2n) is 7.03. The zero-order chi connectivity index (χ0) is 19.5. The zero-order valence-electron chi connectivity index (χ0n) is 15.6. The minimum Gasteiger partial charge on any atom is -0.493 e. The lowest BCUT2D eigenvalue weighted by atomic mass is 10.0. The number of hydrogen-bond acceptors (Lipinski definition) is 3. The normalized spacial score (nSPS) is 11.3. The molecule has 0 aliphatic carbocycles. The van der Waals surface area contributed by atoms with E-state index in [9.17, 15) is 9.90 Å². The van der Waals surface area contributed by atoms with E-state index in [1.54, 1.807) is 0 Å². The van der Waals surface area contributed by atoms with E-state index in [-0.39, 0.29) is 11.6 Å². The largest absolute Gasteiger partial charge is 0.493 e. The first-order valence-electron chi connectivity index (χ1n) is 9.49. The van der Waals surface area contributed by atoms with Crippen LogP contribution < -0.4 is 11.4 Å². The van der Waals surface area contributed by atoms with Crippen molar-refractivity contribution >= 4 is 10.9 Å². The third kappa shape index (κ3) is 3.59. The lowest BCUT2D eigenvalue weighted by Gasteiger charge is -2.05. The molecule has 2 aromatic carbocycles. The number of aromatic nitrogens is 3. The van der Waals surface area contributed by atoms with Gasteiger partial charge in [-0.1, -0.05) is 36.4 Å². The van der Waals surface area contributed by atoms with Gasteiger partial charge in [0, 0.05) is 30.1 Å². The Hall–Kier alpha value is -3.25. The van der Waals surface area contributed by atoms with Crippen molar-refractivity contribution in [3.63, 3.8) is 0 Å². The number of aromatic amines is 2. The third-order valence-corrected chi connectivity index (χ3v) is 5.12. The van der Waals surface area contributed by atoms with Crippen molar-refractivity contribution in [2.75, 3.05) is 6.54 Å². The van der Waals surface area contributed by atoms with E-state index >= 15 is 0 Å². The van der Waals surface area contributed by atoms with Crippen LogP contribution in [0, 0.1) is 0 Å². The van der Waals surface area contributed by atoms with Crippen LogP contribution in [0.4, 0.5) is 0 Å². The van der Waals surface area contributed by atoms with Crippen LogP contribution in [-0.4, -0.2) is 26.2 Å². The molecule has 0 spiro atoms. The van der Waals surface area contributed by atoms with E-state index in [4.69, 9.17) is 5.73 Å². The molecule has 2 heterocycles. The van der Waals surface area contributed by atoms with Gasteiger partial charge in [0.2, 0.25) is 5.88 Å². The smallest absolute Gasteiger partial charge is 0.328 e. The molecule has 6 heteroatoms. The van der Waals surface area contributed by atoms with Gasteiger partial charge >= 0.3 is 5.69 Å². The summed E-state index contributed by atoms with van der Waals surface area (Å²) in [7, 11) is 0. The maximum atomic E-state index is 12.3. The summed E-state index contributed by atoms with van der Waals surface area (Å²) in [6.45, 7) is 1.03. The summed E-state index contributed by atoms with van der Waals surface area (Å²) >= 11 is 0. The molecule has 0 atom stereocenters. The summed E-state index contributed by atoms with van der Waals surface area (Å²) in [5, 5.41) is 11.7. The summed E-state index contributed by atoms with van der Waals surface area (Å²) < 4.78 is 1.40. The summed E-state index contributed by atoms with van der Waals surface area (Å²) in [6, 6.07) is 16.0. The third-order valence-electron chi connectivity index (χ3n) is 5.12. The van der Waals surface area contributed by atoms with E-state index in [2.05, 4.69) is 16.0 Å². The van der Waals surface area contributed by atoms with Gasteiger partial charge in [-0.2, -0.15) is 0 Å². The van der Waals surface area contributed by atoms with Gasteiger partial charge in [0.25, 0.3) is 0 Å². The fourth-order valence-electron chi connectivity index (χ4n) is 3.63. The first-order valence-corrected chi connectivity index (χ1v) is 9.49. The van der Waals surface area contributed by atoms with E-state index in [1.807, 2.05) is 48.7 Å². The lowest BCUT2D eigenvalue weighted by molar-refractivity contribution is 0.409. The number of benzene rings is 2. The zero-order valence-corrected chi connectivity index (χ0v) is 15.6. The molecule has 0 unspecified atom stereocenters. The molecule has 0 saturated heterocycles. The average molecular weight is 376 g/mol. The molecule has 0 radical (unpaired) electrons. The van der Waals surface area contributed by atoms with Crippen LogP contribution in [0.5, 0.6) is 5.88 Å². The fourth-order valence-corrected chi connectivity index (χ4v) is 3.63. The Kier molecular flexibility index (Phi) is 5.04. The standard InChI is InChI=1S/C22H24N4O2/c23-10-8-17-14-24-19-7-6-16(12-18(17)19)13-20-21(27)26(22(28)25-20)11-9-15-4-2-1-3-5-15/h1-7,12,14,24,27H,8-11,13,23H2,(H,25,28). The molecule has 2 aromatic heterocycles. The molecule has 5 N–H and O–H groups in total. The van der Waals surface area contributed by atoms with Crippen LogP contribution in [0.1, 0.15) is 22.4 Å². The molecule has 4 rings (SSSR count). The summed E-state index contributed by atoms with van der Waals surface area (Å²) in [4.78, 5) is 18.4. The van der Waals surface area contributed by atoms with Gasteiger partial charge in [0.15, 0.2) is 0 Å². The molecule has 6 nitrogen and oxygen atoms in total. The van der Waals surface area contributed by atoms with E-state index in [1.165, 1.54) is 10.1 Å². The Balaban J connectivity index is 1.56. The number of imidazole rings is 1. The predicted octanol–water partition coefficient (Wildman–Crippen LogP) is 2.70. The number of aryl methyl sites for hydroxylation is 1. The molecule has 0 amide bonds. The molecule has 0 aliphatic heterocycles. The highest BCUT2D eigenvalue weighted by atomic mass is 16.3. The quantitative estimate of drug-likeness (QED) is 0.399. The second kappa shape index (κ2) is 7.78. The monoisotopic (exact) mass is 376 g/mol. The maximum absolute atomic E-state index is 12.3. The van der Waals surface area contributed by atoms with Gasteiger partial charge in [0.1, 0.15) is 0 Å². The fraction of sp³-hybridized carbons (Fsp3) is 0.227. The molecule has 144 valence electrons. The van der Waals surface area contributed by atoms with Crippen LogP contribution in [0.3, 0.4) is 0 Å². The number of fused-ring (bicyclic) bond motifs is 1. The van der Waals surface area contributed by atoms with Crippen molar-refractivity contribution in [1.29, 1.82) is 0 Å². The number of nitrogens with zero attached hydrogens (tertiary/aromatic N) is 1. The minimum atomic E-state index is -0.282. The number of nitrogens with two attached hydrogens (primary N) is 1. The highest BCUT2D eigenvalue weighted by molar-refractivity contribution is 5.84. The summed E-state index contributed by atoms with van der Waals surface area (Å²) in [5.74, 6) is 0.0114. The number of nitrogens with one attached hydrogen (secondary N) is 2.